The van der Waals surface area contributed by atoms with E-state index in [9.17, 15) is 19.5 Å². The average molecular weight is 439 g/mol. The molecule has 1 atom stereocenters. The van der Waals surface area contributed by atoms with Crippen molar-refractivity contribution in [3.63, 3.8) is 0 Å². The molecule has 0 saturated carbocycles. The van der Waals surface area contributed by atoms with Gasteiger partial charge in [-0.05, 0) is 37.6 Å². The number of benzene rings is 2. The molecule has 2 amide bonds. The zero-order chi connectivity index (χ0) is 22.1. The molecule has 31 heavy (non-hydrogen) atoms. The van der Waals surface area contributed by atoms with Gasteiger partial charge in [0.05, 0.1) is 16.8 Å². The average Bonchev–Trinajstić information content (AvgIpc) is 3.00. The maximum atomic E-state index is 12.8. The SMILES string of the molecule is CC1=NC=C(CCN2C(=O)c3ccc(OCc4ccccc4Cl)cc3C2=O)C(=O)C1O. The lowest BCUT2D eigenvalue weighted by atomic mass is 9.99. The number of aliphatic hydroxyl groups is 1. The first-order chi connectivity index (χ1) is 14.9. The van der Waals surface area contributed by atoms with Gasteiger partial charge in [0.1, 0.15) is 12.4 Å². The fourth-order valence-corrected chi connectivity index (χ4v) is 3.63. The lowest BCUT2D eigenvalue weighted by Gasteiger charge is -2.18. The first-order valence-corrected chi connectivity index (χ1v) is 10.1. The molecule has 0 aliphatic carbocycles. The van der Waals surface area contributed by atoms with Gasteiger partial charge >= 0.3 is 0 Å². The van der Waals surface area contributed by atoms with Gasteiger partial charge < -0.3 is 9.84 Å². The molecule has 2 aromatic rings. The van der Waals surface area contributed by atoms with Gasteiger partial charge in [0.2, 0.25) is 0 Å². The summed E-state index contributed by atoms with van der Waals surface area (Å²) in [5.41, 5.74) is 1.93. The highest BCUT2D eigenvalue weighted by Crippen LogP contribution is 2.28. The third-order valence-corrected chi connectivity index (χ3v) is 5.65. The Hall–Kier alpha value is -3.29. The molecule has 0 fully saturated rings. The molecular weight excluding hydrogens is 420 g/mol. The van der Waals surface area contributed by atoms with Gasteiger partial charge in [0.25, 0.3) is 11.8 Å². The van der Waals surface area contributed by atoms with Gasteiger partial charge in [-0.3, -0.25) is 24.3 Å². The van der Waals surface area contributed by atoms with Crippen LogP contribution in [0.5, 0.6) is 5.75 Å². The number of ketones is 1. The lowest BCUT2D eigenvalue weighted by Crippen LogP contribution is -2.35. The Morgan fingerprint density at radius 3 is 2.61 bits per heavy atom. The number of aliphatic imine (C=N–C) groups is 1. The van der Waals surface area contributed by atoms with Gasteiger partial charge in [-0.2, -0.15) is 0 Å². The van der Waals surface area contributed by atoms with Crippen LogP contribution in [-0.4, -0.2) is 46.0 Å². The van der Waals surface area contributed by atoms with Crippen molar-refractivity contribution in [3.8, 4) is 5.75 Å². The van der Waals surface area contributed by atoms with Crippen LogP contribution in [0.1, 0.15) is 39.6 Å². The molecule has 7 nitrogen and oxygen atoms in total. The van der Waals surface area contributed by atoms with E-state index in [-0.39, 0.29) is 36.3 Å². The van der Waals surface area contributed by atoms with Gasteiger partial charge in [-0.15, -0.1) is 0 Å². The molecule has 8 heteroatoms. The summed E-state index contributed by atoms with van der Waals surface area (Å²) in [6.45, 7) is 1.80. The van der Waals surface area contributed by atoms with E-state index in [4.69, 9.17) is 16.3 Å². The Labute approximate surface area is 183 Å². The Kier molecular flexibility index (Phi) is 5.71. The van der Waals surface area contributed by atoms with Crippen molar-refractivity contribution in [3.05, 3.63) is 76.0 Å². The Morgan fingerprint density at radius 2 is 1.84 bits per heavy atom. The van der Waals surface area contributed by atoms with E-state index in [1.807, 2.05) is 18.2 Å². The van der Waals surface area contributed by atoms with Crippen molar-refractivity contribution >= 4 is 34.9 Å². The molecule has 0 saturated heterocycles. The summed E-state index contributed by atoms with van der Waals surface area (Å²) in [5, 5.41) is 10.4. The van der Waals surface area contributed by atoms with Crippen LogP contribution in [0.4, 0.5) is 0 Å². The monoisotopic (exact) mass is 438 g/mol. The van der Waals surface area contributed by atoms with Crippen LogP contribution in [0.3, 0.4) is 0 Å². The van der Waals surface area contributed by atoms with Crippen LogP contribution < -0.4 is 4.74 Å². The summed E-state index contributed by atoms with van der Waals surface area (Å²) in [7, 11) is 0. The number of halogens is 1. The van der Waals surface area contributed by atoms with Crippen molar-refractivity contribution in [2.45, 2.75) is 26.1 Å². The van der Waals surface area contributed by atoms with E-state index in [1.165, 1.54) is 12.3 Å². The Balaban J connectivity index is 1.45. The molecule has 0 spiro atoms. The highest BCUT2D eigenvalue weighted by atomic mass is 35.5. The summed E-state index contributed by atoms with van der Waals surface area (Å²) in [5.74, 6) is -0.895. The number of nitrogens with zero attached hydrogens (tertiary/aromatic N) is 2. The van der Waals surface area contributed by atoms with E-state index in [0.717, 1.165) is 10.5 Å². The van der Waals surface area contributed by atoms with Crippen LogP contribution in [0.2, 0.25) is 5.02 Å². The molecule has 2 aliphatic heterocycles. The molecule has 4 rings (SSSR count). The number of rotatable bonds is 6. The predicted octanol–water partition coefficient (Wildman–Crippen LogP) is 3.19. The number of carbonyl (C=O) groups excluding carboxylic acids is 3. The normalized spacial score (nSPS) is 18.1. The van der Waals surface area contributed by atoms with Gasteiger partial charge in [0, 0.05) is 28.9 Å². The topological polar surface area (TPSA) is 96.3 Å². The molecule has 2 aliphatic rings. The molecule has 1 N–H and O–H groups in total. The molecule has 0 radical (unpaired) electrons. The van der Waals surface area contributed by atoms with Crippen molar-refractivity contribution in [2.75, 3.05) is 6.54 Å². The highest BCUT2D eigenvalue weighted by Gasteiger charge is 2.36. The van der Waals surface area contributed by atoms with Crippen LogP contribution in [0, 0.1) is 0 Å². The molecule has 0 aromatic heterocycles. The van der Waals surface area contributed by atoms with Crippen LogP contribution >= 0.6 is 11.6 Å². The summed E-state index contributed by atoms with van der Waals surface area (Å²) in [6.07, 6.45) is 0.219. The third kappa shape index (κ3) is 4.02. The summed E-state index contributed by atoms with van der Waals surface area (Å²) >= 11 is 6.13. The van der Waals surface area contributed by atoms with Crippen molar-refractivity contribution in [1.82, 2.24) is 4.90 Å². The minimum atomic E-state index is -1.28. The van der Waals surface area contributed by atoms with E-state index in [0.29, 0.717) is 16.5 Å². The maximum absolute atomic E-state index is 12.8. The number of imide groups is 1. The Bertz CT molecular complexity index is 1150. The Morgan fingerprint density at radius 1 is 1.10 bits per heavy atom. The number of carbonyl (C=O) groups is 3. The number of hydrogen-bond acceptors (Lipinski definition) is 6. The first-order valence-electron chi connectivity index (χ1n) is 9.69. The largest absolute Gasteiger partial charge is 0.489 e. The van der Waals surface area contributed by atoms with Crippen molar-refractivity contribution < 1.29 is 24.2 Å². The maximum Gasteiger partial charge on any atom is 0.261 e. The summed E-state index contributed by atoms with van der Waals surface area (Å²) in [6, 6.07) is 12.0. The molecule has 0 bridgehead atoms. The standard InChI is InChI=1S/C23H19ClN2O5/c1-13-20(27)21(28)14(11-25-13)8-9-26-22(29)17-7-6-16(10-18(17)23(26)30)31-12-15-4-2-3-5-19(15)24/h2-7,10-11,20,27H,8-9,12H2,1H3. The summed E-state index contributed by atoms with van der Waals surface area (Å²) < 4.78 is 5.75. The number of amides is 2. The van der Waals surface area contributed by atoms with E-state index >= 15 is 0 Å². The third-order valence-electron chi connectivity index (χ3n) is 5.28. The molecule has 2 aromatic carbocycles. The van der Waals surface area contributed by atoms with E-state index in [2.05, 4.69) is 4.99 Å². The molecule has 2 heterocycles. The number of fused-ring (bicyclic) bond motifs is 1. The van der Waals surface area contributed by atoms with Gasteiger partial charge in [-0.1, -0.05) is 29.8 Å². The van der Waals surface area contributed by atoms with Crippen LogP contribution in [-0.2, 0) is 11.4 Å². The van der Waals surface area contributed by atoms with E-state index in [1.54, 1.807) is 25.1 Å². The van der Waals surface area contributed by atoms with Crippen LogP contribution in [0.25, 0.3) is 0 Å². The van der Waals surface area contributed by atoms with E-state index < -0.39 is 23.7 Å². The minimum Gasteiger partial charge on any atom is -0.489 e. The highest BCUT2D eigenvalue weighted by molar-refractivity contribution is 6.31. The van der Waals surface area contributed by atoms with Gasteiger partial charge in [-0.25, -0.2) is 0 Å². The number of hydrogen-bond donors (Lipinski definition) is 1. The number of ether oxygens (including phenoxy) is 1. The number of Topliss-reactive ketones (excluding diaryl/α,β-unsaturated/α-hetero) is 1. The molecular formula is C23H19ClN2O5. The second-order valence-electron chi connectivity index (χ2n) is 7.29. The minimum absolute atomic E-state index is 0.0149. The van der Waals surface area contributed by atoms with Crippen LogP contribution in [0.15, 0.2) is 59.2 Å². The number of aliphatic hydroxyl groups excluding tert-OH is 1. The summed E-state index contributed by atoms with van der Waals surface area (Å²) in [4.78, 5) is 42.7. The first kappa shape index (κ1) is 21.0. The smallest absolute Gasteiger partial charge is 0.261 e. The lowest BCUT2D eigenvalue weighted by molar-refractivity contribution is -0.120. The van der Waals surface area contributed by atoms with Crippen molar-refractivity contribution in [1.29, 1.82) is 0 Å². The quantitative estimate of drug-likeness (QED) is 0.699. The zero-order valence-corrected chi connectivity index (χ0v) is 17.4. The fraction of sp³-hybridized carbons (Fsp3) is 0.217. The second kappa shape index (κ2) is 8.45. The zero-order valence-electron chi connectivity index (χ0n) is 16.7. The second-order valence-corrected chi connectivity index (χ2v) is 7.70. The molecule has 158 valence electrons. The fourth-order valence-electron chi connectivity index (χ4n) is 3.44. The molecule has 1 unspecified atom stereocenters. The van der Waals surface area contributed by atoms with Crippen molar-refractivity contribution in [2.24, 2.45) is 4.99 Å². The van der Waals surface area contributed by atoms with Gasteiger partial charge in [0.15, 0.2) is 11.9 Å². The predicted molar refractivity (Wildman–Crippen MR) is 114 cm³/mol.